The van der Waals surface area contributed by atoms with Crippen molar-refractivity contribution in [2.45, 2.75) is 12.8 Å². The van der Waals surface area contributed by atoms with Crippen LogP contribution in [0, 0.1) is 5.92 Å². The fourth-order valence-corrected chi connectivity index (χ4v) is 1.51. The van der Waals surface area contributed by atoms with Crippen LogP contribution in [0.25, 0.3) is 0 Å². The Morgan fingerprint density at radius 1 is 1.70 bits per heavy atom. The Morgan fingerprint density at radius 2 is 2.50 bits per heavy atom. The van der Waals surface area contributed by atoms with Crippen molar-refractivity contribution in [3.63, 3.8) is 0 Å². The van der Waals surface area contributed by atoms with E-state index in [0.29, 0.717) is 0 Å². The van der Waals surface area contributed by atoms with E-state index in [0.717, 1.165) is 12.5 Å². The van der Waals surface area contributed by atoms with Crippen molar-refractivity contribution >= 4 is 0 Å². The first-order chi connectivity index (χ1) is 4.86. The number of rotatable bonds is 3. The Morgan fingerprint density at radius 3 is 3.00 bits per heavy atom. The van der Waals surface area contributed by atoms with Crippen LogP contribution < -0.4 is 11.2 Å². The Balaban J connectivity index is 2.15. The molecule has 0 saturated carbocycles. The Labute approximate surface area is 62.5 Å². The van der Waals surface area contributed by atoms with E-state index in [-0.39, 0.29) is 0 Å². The van der Waals surface area contributed by atoms with Crippen LogP contribution in [0.4, 0.5) is 0 Å². The number of nitrogens with two attached hydrogens (primary N) is 1. The second-order valence-corrected chi connectivity index (χ2v) is 2.90. The Bertz CT molecular complexity index is 94.9. The molecule has 1 fully saturated rings. The summed E-state index contributed by atoms with van der Waals surface area (Å²) in [6, 6.07) is 0. The third-order valence-electron chi connectivity index (χ3n) is 2.18. The molecule has 3 nitrogen and oxygen atoms in total. The van der Waals surface area contributed by atoms with E-state index >= 15 is 0 Å². The maximum Gasteiger partial charge on any atom is 0.0160 e. The van der Waals surface area contributed by atoms with Crippen LogP contribution in [0.2, 0.25) is 0 Å². The summed E-state index contributed by atoms with van der Waals surface area (Å²) >= 11 is 0. The molecule has 1 aliphatic rings. The number of hydrogen-bond acceptors (Lipinski definition) is 3. The van der Waals surface area contributed by atoms with E-state index in [1.807, 2.05) is 7.05 Å². The monoisotopic (exact) mass is 143 g/mol. The molecule has 1 rings (SSSR count). The molecule has 3 N–H and O–H groups in total. The van der Waals surface area contributed by atoms with Gasteiger partial charge in [-0.2, -0.15) is 0 Å². The smallest absolute Gasteiger partial charge is 0.0160 e. The van der Waals surface area contributed by atoms with Gasteiger partial charge in [0, 0.05) is 13.1 Å². The van der Waals surface area contributed by atoms with Gasteiger partial charge in [-0.05, 0) is 32.4 Å². The molecule has 1 heterocycles. The summed E-state index contributed by atoms with van der Waals surface area (Å²) in [5.41, 5.74) is 8.60. The predicted molar refractivity (Wildman–Crippen MR) is 42.4 cm³/mol. The van der Waals surface area contributed by atoms with Crippen molar-refractivity contribution in [2.75, 3.05) is 26.7 Å². The Hall–Kier alpha value is -0.120. The minimum absolute atomic E-state index is 0.831. The summed E-state index contributed by atoms with van der Waals surface area (Å²) in [6.45, 7) is 3.19. The summed E-state index contributed by atoms with van der Waals surface area (Å²) in [4.78, 5) is 0. The molecule has 1 atom stereocenters. The molecule has 1 saturated heterocycles. The lowest BCUT2D eigenvalue weighted by molar-refractivity contribution is 0.250. The zero-order chi connectivity index (χ0) is 7.40. The SMILES string of the molecule is CNN1CCC(CCN)C1. The van der Waals surface area contributed by atoms with Crippen molar-refractivity contribution in [1.29, 1.82) is 0 Å². The zero-order valence-electron chi connectivity index (χ0n) is 6.64. The van der Waals surface area contributed by atoms with E-state index in [4.69, 9.17) is 5.73 Å². The van der Waals surface area contributed by atoms with Crippen LogP contribution in [-0.4, -0.2) is 31.7 Å². The molecule has 0 amide bonds. The van der Waals surface area contributed by atoms with Crippen molar-refractivity contribution in [2.24, 2.45) is 11.7 Å². The van der Waals surface area contributed by atoms with Crippen molar-refractivity contribution in [3.8, 4) is 0 Å². The van der Waals surface area contributed by atoms with Gasteiger partial charge in [-0.3, -0.25) is 5.43 Å². The van der Waals surface area contributed by atoms with Crippen molar-refractivity contribution in [3.05, 3.63) is 0 Å². The van der Waals surface area contributed by atoms with E-state index in [1.54, 1.807) is 0 Å². The highest BCUT2D eigenvalue weighted by molar-refractivity contribution is 4.72. The van der Waals surface area contributed by atoms with Crippen molar-refractivity contribution < 1.29 is 0 Å². The maximum atomic E-state index is 5.46. The topological polar surface area (TPSA) is 41.3 Å². The second kappa shape index (κ2) is 3.91. The lowest BCUT2D eigenvalue weighted by atomic mass is 10.1. The summed E-state index contributed by atoms with van der Waals surface area (Å²) in [6.07, 6.45) is 2.48. The standard InChI is InChI=1S/C7H17N3/c1-9-10-5-3-7(6-10)2-4-8/h7,9H,2-6,8H2,1H3. The summed E-state index contributed by atoms with van der Waals surface area (Å²) < 4.78 is 0. The molecule has 0 bridgehead atoms. The first-order valence-electron chi connectivity index (χ1n) is 3.99. The number of hydrogen-bond donors (Lipinski definition) is 2. The summed E-state index contributed by atoms with van der Waals surface area (Å²) in [5, 5.41) is 2.25. The summed E-state index contributed by atoms with van der Waals surface area (Å²) in [5.74, 6) is 0.831. The molecule has 0 aromatic carbocycles. The molecule has 10 heavy (non-hydrogen) atoms. The first-order valence-corrected chi connectivity index (χ1v) is 3.99. The third-order valence-corrected chi connectivity index (χ3v) is 2.18. The molecular formula is C7H17N3. The highest BCUT2D eigenvalue weighted by atomic mass is 15.5. The van der Waals surface area contributed by atoms with E-state index in [9.17, 15) is 0 Å². The Kier molecular flexibility index (Phi) is 3.12. The maximum absolute atomic E-state index is 5.46. The average Bonchev–Trinajstić information content (AvgIpc) is 2.37. The number of nitrogens with one attached hydrogen (secondary N) is 1. The number of hydrazine groups is 1. The van der Waals surface area contributed by atoms with Crippen LogP contribution in [0.15, 0.2) is 0 Å². The van der Waals surface area contributed by atoms with Gasteiger partial charge in [0.25, 0.3) is 0 Å². The van der Waals surface area contributed by atoms with Crippen LogP contribution in [0.5, 0.6) is 0 Å². The fourth-order valence-electron chi connectivity index (χ4n) is 1.51. The molecular weight excluding hydrogens is 126 g/mol. The lowest BCUT2D eigenvalue weighted by Gasteiger charge is -2.13. The second-order valence-electron chi connectivity index (χ2n) is 2.90. The highest BCUT2D eigenvalue weighted by Crippen LogP contribution is 2.16. The van der Waals surface area contributed by atoms with Gasteiger partial charge in [-0.25, -0.2) is 5.01 Å². The van der Waals surface area contributed by atoms with Crippen molar-refractivity contribution in [1.82, 2.24) is 10.4 Å². The van der Waals surface area contributed by atoms with Crippen LogP contribution in [0.3, 0.4) is 0 Å². The van der Waals surface area contributed by atoms with Crippen LogP contribution in [-0.2, 0) is 0 Å². The first kappa shape index (κ1) is 7.98. The lowest BCUT2D eigenvalue weighted by Crippen LogP contribution is -2.32. The molecule has 0 spiro atoms. The largest absolute Gasteiger partial charge is 0.330 e. The number of nitrogens with zero attached hydrogens (tertiary/aromatic N) is 1. The van der Waals surface area contributed by atoms with E-state index < -0.39 is 0 Å². The molecule has 0 aliphatic carbocycles. The minimum Gasteiger partial charge on any atom is -0.330 e. The van der Waals surface area contributed by atoms with Gasteiger partial charge in [-0.15, -0.1) is 0 Å². The quantitative estimate of drug-likeness (QED) is 0.574. The van der Waals surface area contributed by atoms with Gasteiger partial charge in [0.2, 0.25) is 0 Å². The van der Waals surface area contributed by atoms with Gasteiger partial charge in [-0.1, -0.05) is 0 Å². The van der Waals surface area contributed by atoms with E-state index in [1.165, 1.54) is 25.9 Å². The molecule has 3 heteroatoms. The molecule has 60 valence electrons. The zero-order valence-corrected chi connectivity index (χ0v) is 6.64. The van der Waals surface area contributed by atoms with Gasteiger partial charge >= 0.3 is 0 Å². The highest BCUT2D eigenvalue weighted by Gasteiger charge is 2.19. The normalized spacial score (nSPS) is 27.6. The van der Waals surface area contributed by atoms with Gasteiger partial charge < -0.3 is 5.73 Å². The van der Waals surface area contributed by atoms with Gasteiger partial charge in [0.15, 0.2) is 0 Å². The third kappa shape index (κ3) is 1.94. The molecule has 0 radical (unpaired) electrons. The van der Waals surface area contributed by atoms with Crippen LogP contribution in [0.1, 0.15) is 12.8 Å². The van der Waals surface area contributed by atoms with Gasteiger partial charge in [0.05, 0.1) is 0 Å². The minimum atomic E-state index is 0.831. The average molecular weight is 143 g/mol. The molecule has 0 aromatic rings. The predicted octanol–water partition coefficient (Wildman–Crippen LogP) is -0.208. The molecule has 1 aliphatic heterocycles. The summed E-state index contributed by atoms with van der Waals surface area (Å²) in [7, 11) is 1.98. The fraction of sp³-hybridized carbons (Fsp3) is 1.00. The molecule has 0 aromatic heterocycles. The molecule has 1 unspecified atom stereocenters. The van der Waals surface area contributed by atoms with Gasteiger partial charge in [0.1, 0.15) is 0 Å². The van der Waals surface area contributed by atoms with E-state index in [2.05, 4.69) is 10.4 Å². The van der Waals surface area contributed by atoms with Crippen LogP contribution >= 0.6 is 0 Å².